The molecule has 1 aromatic carbocycles. The fourth-order valence-electron chi connectivity index (χ4n) is 2.68. The minimum Gasteiger partial charge on any atom is -0.497 e. The number of hydrogen-bond acceptors (Lipinski definition) is 6. The van der Waals surface area contributed by atoms with Crippen LogP contribution < -0.4 is 10.1 Å². The molecule has 0 spiro atoms. The molecule has 128 valence electrons. The smallest absolute Gasteiger partial charge is 0.154 e. The maximum absolute atomic E-state index is 9.68. The number of nitriles is 3. The number of methoxy groups -OCH3 is 1. The zero-order chi connectivity index (χ0) is 19.2. The fourth-order valence-corrected chi connectivity index (χ4v) is 2.68. The highest BCUT2D eigenvalue weighted by atomic mass is 16.5. The molecule has 0 amide bonds. The molecule has 1 aliphatic rings. The second-order valence-corrected chi connectivity index (χ2v) is 5.50. The van der Waals surface area contributed by atoms with E-state index in [1.54, 1.807) is 43.6 Å². The summed E-state index contributed by atoms with van der Waals surface area (Å²) in [4.78, 5) is 4.31. The molecule has 0 bridgehead atoms. The number of hydrogen-bond donors (Lipinski definition) is 1. The summed E-state index contributed by atoms with van der Waals surface area (Å²) in [5.41, 5.74) is 2.79. The lowest BCUT2D eigenvalue weighted by Crippen LogP contribution is -2.20. The number of benzene rings is 1. The quantitative estimate of drug-likeness (QED) is 0.850. The van der Waals surface area contributed by atoms with Crippen molar-refractivity contribution >= 4 is 11.3 Å². The zero-order valence-electron chi connectivity index (χ0n) is 14.4. The molecule has 6 heteroatoms. The van der Waals surface area contributed by atoms with Gasteiger partial charge in [0.25, 0.3) is 0 Å². The van der Waals surface area contributed by atoms with E-state index in [9.17, 15) is 15.8 Å². The first-order chi connectivity index (χ1) is 13.2. The van der Waals surface area contributed by atoms with Crippen LogP contribution in [0.2, 0.25) is 0 Å². The number of nitrogens with zero attached hydrogens (tertiary/aromatic N) is 4. The monoisotopic (exact) mass is 351 g/mol. The molecular formula is C21H13N5O. The van der Waals surface area contributed by atoms with Crippen LogP contribution in [0.5, 0.6) is 5.75 Å². The Morgan fingerprint density at radius 2 is 1.78 bits per heavy atom. The number of pyridine rings is 1. The molecule has 0 unspecified atom stereocenters. The number of ether oxygens (including phenoxy) is 1. The first-order valence-corrected chi connectivity index (χ1v) is 7.95. The Morgan fingerprint density at radius 1 is 1.04 bits per heavy atom. The average molecular weight is 351 g/mol. The topological polar surface area (TPSA) is 106 Å². The van der Waals surface area contributed by atoms with Crippen LogP contribution in [0, 0.1) is 34.0 Å². The number of allylic oxidation sites excluding steroid dienone is 4. The second kappa shape index (κ2) is 7.70. The van der Waals surface area contributed by atoms with Gasteiger partial charge < -0.3 is 10.1 Å². The summed E-state index contributed by atoms with van der Waals surface area (Å²) in [5.74, 6) is 0.707. The lowest BCUT2D eigenvalue weighted by molar-refractivity contribution is 0.415. The number of aromatic nitrogens is 1. The first kappa shape index (κ1) is 17.5. The molecular weight excluding hydrogens is 338 g/mol. The van der Waals surface area contributed by atoms with Crippen LogP contribution in [0.25, 0.3) is 11.3 Å². The molecule has 0 aliphatic carbocycles. The van der Waals surface area contributed by atoms with Crippen molar-refractivity contribution < 1.29 is 4.74 Å². The van der Waals surface area contributed by atoms with Crippen LogP contribution in [0.3, 0.4) is 0 Å². The van der Waals surface area contributed by atoms with E-state index in [0.717, 1.165) is 5.56 Å². The summed E-state index contributed by atoms with van der Waals surface area (Å²) in [7, 11) is 1.58. The molecule has 1 aliphatic heterocycles. The van der Waals surface area contributed by atoms with Crippen molar-refractivity contribution in [3.8, 4) is 24.0 Å². The van der Waals surface area contributed by atoms with Crippen LogP contribution in [0.4, 0.5) is 0 Å². The Hall–Kier alpha value is -4.34. The van der Waals surface area contributed by atoms with Crippen LogP contribution in [-0.4, -0.2) is 12.1 Å². The van der Waals surface area contributed by atoms with Gasteiger partial charge in [0.1, 0.15) is 24.0 Å². The van der Waals surface area contributed by atoms with Crippen molar-refractivity contribution in [2.24, 2.45) is 0 Å². The molecule has 3 rings (SSSR count). The highest BCUT2D eigenvalue weighted by molar-refractivity contribution is 5.92. The number of nitrogens with one attached hydrogen (secondary N) is 1. The van der Waals surface area contributed by atoms with E-state index >= 15 is 0 Å². The van der Waals surface area contributed by atoms with Gasteiger partial charge in [-0.2, -0.15) is 15.8 Å². The summed E-state index contributed by atoms with van der Waals surface area (Å²) in [6.07, 6.45) is 3.41. The van der Waals surface area contributed by atoms with Crippen molar-refractivity contribution in [1.29, 1.82) is 15.8 Å². The van der Waals surface area contributed by atoms with Gasteiger partial charge in [0, 0.05) is 17.5 Å². The van der Waals surface area contributed by atoms with E-state index in [-0.39, 0.29) is 16.8 Å². The van der Waals surface area contributed by atoms with Gasteiger partial charge in [0.15, 0.2) is 5.57 Å². The first-order valence-electron chi connectivity index (χ1n) is 7.95. The predicted octanol–water partition coefficient (Wildman–Crippen LogP) is 3.31. The Labute approximate surface area is 156 Å². The minimum atomic E-state index is -0.168. The molecule has 6 nitrogen and oxygen atoms in total. The summed E-state index contributed by atoms with van der Waals surface area (Å²) in [5, 5.41) is 31.4. The lowest BCUT2D eigenvalue weighted by atomic mass is 9.93. The molecule has 0 saturated carbocycles. The van der Waals surface area contributed by atoms with Crippen molar-refractivity contribution in [2.45, 2.75) is 0 Å². The third-order valence-electron chi connectivity index (χ3n) is 3.99. The standard InChI is InChI=1S/C21H13N5O/c1-27-16-7-5-14(6-8-16)20-10-17(19-4-2-3-9-25-19)18(13-24)21(26-20)15(11-22)12-23/h2-10,26H,1H3. The van der Waals surface area contributed by atoms with E-state index in [4.69, 9.17) is 4.74 Å². The molecule has 0 atom stereocenters. The van der Waals surface area contributed by atoms with Crippen LogP contribution >= 0.6 is 0 Å². The highest BCUT2D eigenvalue weighted by Gasteiger charge is 2.24. The van der Waals surface area contributed by atoms with Gasteiger partial charge in [-0.15, -0.1) is 0 Å². The maximum Gasteiger partial charge on any atom is 0.154 e. The van der Waals surface area contributed by atoms with Crippen LogP contribution in [-0.2, 0) is 0 Å². The van der Waals surface area contributed by atoms with Crippen molar-refractivity contribution in [3.05, 3.63) is 82.8 Å². The number of dihydropyridines is 1. The van der Waals surface area contributed by atoms with Gasteiger partial charge in [-0.1, -0.05) is 6.07 Å². The molecule has 2 aromatic rings. The van der Waals surface area contributed by atoms with Gasteiger partial charge >= 0.3 is 0 Å². The molecule has 27 heavy (non-hydrogen) atoms. The van der Waals surface area contributed by atoms with E-state index in [2.05, 4.69) is 16.4 Å². The maximum atomic E-state index is 9.68. The Balaban J connectivity index is 2.25. The van der Waals surface area contributed by atoms with Gasteiger partial charge in [-0.3, -0.25) is 4.98 Å². The summed E-state index contributed by atoms with van der Waals surface area (Å²) >= 11 is 0. The molecule has 0 radical (unpaired) electrons. The van der Waals surface area contributed by atoms with E-state index < -0.39 is 0 Å². The molecule has 1 aromatic heterocycles. The SMILES string of the molecule is COc1ccc(C2=CC(c3ccccn3)=C(C#N)C(=C(C#N)C#N)N2)cc1. The van der Waals surface area contributed by atoms with Crippen LogP contribution in [0.15, 0.2) is 71.6 Å². The summed E-state index contributed by atoms with van der Waals surface area (Å²) < 4.78 is 5.18. The Morgan fingerprint density at radius 3 is 2.33 bits per heavy atom. The zero-order valence-corrected chi connectivity index (χ0v) is 14.4. The predicted molar refractivity (Wildman–Crippen MR) is 99.1 cm³/mol. The lowest BCUT2D eigenvalue weighted by Gasteiger charge is -2.22. The summed E-state index contributed by atoms with van der Waals surface area (Å²) in [6.45, 7) is 0. The Bertz CT molecular complexity index is 1070. The van der Waals surface area contributed by atoms with E-state index in [1.807, 2.05) is 30.3 Å². The van der Waals surface area contributed by atoms with Gasteiger partial charge in [0.05, 0.1) is 24.1 Å². The van der Waals surface area contributed by atoms with Crippen molar-refractivity contribution in [3.63, 3.8) is 0 Å². The molecule has 2 heterocycles. The summed E-state index contributed by atoms with van der Waals surface area (Å²) in [6, 6.07) is 18.5. The van der Waals surface area contributed by atoms with Gasteiger partial charge in [-0.05, 0) is 48.0 Å². The Kier molecular flexibility index (Phi) is 4.98. The normalized spacial score (nSPS) is 12.8. The molecule has 0 saturated heterocycles. The highest BCUT2D eigenvalue weighted by Crippen LogP contribution is 2.33. The van der Waals surface area contributed by atoms with Crippen molar-refractivity contribution in [2.75, 3.05) is 7.11 Å². The van der Waals surface area contributed by atoms with Gasteiger partial charge in [0.2, 0.25) is 0 Å². The van der Waals surface area contributed by atoms with Crippen LogP contribution in [0.1, 0.15) is 11.3 Å². The third-order valence-corrected chi connectivity index (χ3v) is 3.99. The van der Waals surface area contributed by atoms with E-state index in [0.29, 0.717) is 22.7 Å². The van der Waals surface area contributed by atoms with Gasteiger partial charge in [-0.25, -0.2) is 0 Å². The largest absolute Gasteiger partial charge is 0.497 e. The minimum absolute atomic E-state index is 0.168. The molecule has 0 fully saturated rings. The third kappa shape index (κ3) is 3.39. The van der Waals surface area contributed by atoms with Crippen molar-refractivity contribution in [1.82, 2.24) is 10.3 Å². The average Bonchev–Trinajstić information content (AvgIpc) is 2.74. The second-order valence-electron chi connectivity index (χ2n) is 5.50. The fraction of sp³-hybridized carbons (Fsp3) is 0.0476. The van der Waals surface area contributed by atoms with E-state index in [1.165, 1.54) is 0 Å². The molecule has 1 N–H and O–H groups in total. The number of rotatable bonds is 3.